The van der Waals surface area contributed by atoms with Crippen LogP contribution in [0.15, 0.2) is 28.3 Å². The summed E-state index contributed by atoms with van der Waals surface area (Å²) in [6.45, 7) is 0. The molecular formula is C12H5F3N3S2. The number of thiophene rings is 1. The van der Waals surface area contributed by atoms with Crippen LogP contribution in [0.3, 0.4) is 0 Å². The first kappa shape index (κ1) is 13.2. The minimum Gasteiger partial charge on any atom is -0.228 e. The van der Waals surface area contributed by atoms with E-state index in [9.17, 15) is 13.2 Å². The van der Waals surface area contributed by atoms with Crippen molar-refractivity contribution in [2.45, 2.75) is 6.18 Å². The lowest BCUT2D eigenvalue weighted by atomic mass is 10.2. The van der Waals surface area contributed by atoms with Crippen LogP contribution in [0.4, 0.5) is 13.2 Å². The molecule has 0 saturated carbocycles. The second-order valence-corrected chi connectivity index (χ2v) is 5.39. The van der Waals surface area contributed by atoms with E-state index < -0.39 is 11.9 Å². The molecule has 0 aromatic carbocycles. The number of nitrogens with zero attached hydrogens (tertiary/aromatic N) is 3. The van der Waals surface area contributed by atoms with Crippen molar-refractivity contribution >= 4 is 22.7 Å². The molecule has 0 aliphatic heterocycles. The van der Waals surface area contributed by atoms with Crippen LogP contribution in [0.25, 0.3) is 22.1 Å². The van der Waals surface area contributed by atoms with Crippen LogP contribution in [0, 0.1) is 6.20 Å². The summed E-state index contributed by atoms with van der Waals surface area (Å²) in [5, 5.41) is 4.87. The third-order valence-electron chi connectivity index (χ3n) is 2.40. The van der Waals surface area contributed by atoms with Gasteiger partial charge in [-0.15, -0.1) is 11.3 Å². The molecular weight excluding hydrogens is 307 g/mol. The minimum absolute atomic E-state index is 0.130. The number of alkyl halides is 3. The van der Waals surface area contributed by atoms with Gasteiger partial charge in [0.2, 0.25) is 0 Å². The second kappa shape index (κ2) is 4.95. The Morgan fingerprint density at radius 1 is 1.15 bits per heavy atom. The van der Waals surface area contributed by atoms with Gasteiger partial charge in [-0.05, 0) is 17.5 Å². The Labute approximate surface area is 119 Å². The molecule has 0 fully saturated rings. The highest BCUT2D eigenvalue weighted by Gasteiger charge is 2.34. The van der Waals surface area contributed by atoms with Gasteiger partial charge in [-0.1, -0.05) is 0 Å². The van der Waals surface area contributed by atoms with Crippen LogP contribution in [-0.4, -0.2) is 15.0 Å². The highest BCUT2D eigenvalue weighted by molar-refractivity contribution is 7.13. The monoisotopic (exact) mass is 312 g/mol. The molecule has 20 heavy (non-hydrogen) atoms. The Bertz CT molecular complexity index is 720. The Morgan fingerprint density at radius 2 is 2.00 bits per heavy atom. The number of halogens is 3. The molecule has 0 aliphatic carbocycles. The Morgan fingerprint density at radius 3 is 2.65 bits per heavy atom. The van der Waals surface area contributed by atoms with Crippen molar-refractivity contribution in [3.05, 3.63) is 40.2 Å². The maximum atomic E-state index is 12.5. The zero-order valence-electron chi connectivity index (χ0n) is 9.68. The number of rotatable bonds is 2. The first-order valence-electron chi connectivity index (χ1n) is 5.35. The molecule has 0 unspecified atom stereocenters. The van der Waals surface area contributed by atoms with Crippen LogP contribution in [0.5, 0.6) is 0 Å². The van der Waals surface area contributed by atoms with Gasteiger partial charge >= 0.3 is 6.18 Å². The van der Waals surface area contributed by atoms with Crippen LogP contribution in [-0.2, 0) is 6.18 Å². The van der Waals surface area contributed by atoms with Crippen LogP contribution in [0.2, 0.25) is 0 Å². The SMILES string of the molecule is FC(F)(F)c1csc(-c2n[c]cc(-c3ccsc3)n2)n1. The topological polar surface area (TPSA) is 38.7 Å². The van der Waals surface area contributed by atoms with Crippen molar-refractivity contribution in [1.82, 2.24) is 15.0 Å². The van der Waals surface area contributed by atoms with Crippen molar-refractivity contribution in [3.8, 4) is 22.1 Å². The summed E-state index contributed by atoms with van der Waals surface area (Å²) in [5.74, 6) is 0.147. The summed E-state index contributed by atoms with van der Waals surface area (Å²) < 4.78 is 37.5. The number of aromatic nitrogens is 3. The number of hydrogen-bond donors (Lipinski definition) is 0. The van der Waals surface area contributed by atoms with Crippen LogP contribution < -0.4 is 0 Å². The fourth-order valence-corrected chi connectivity index (χ4v) is 2.89. The van der Waals surface area contributed by atoms with Crippen molar-refractivity contribution in [1.29, 1.82) is 0 Å². The quantitative estimate of drug-likeness (QED) is 0.713. The Kier molecular flexibility index (Phi) is 3.27. The maximum absolute atomic E-state index is 12.5. The molecule has 3 heterocycles. The standard InChI is InChI=1S/C12H5F3N3S2/c13-12(14,15)9-6-20-11(18-9)10-16-3-1-8(17-10)7-2-4-19-5-7/h1-2,4-6H. The van der Waals surface area contributed by atoms with E-state index in [1.165, 1.54) is 11.3 Å². The third kappa shape index (κ3) is 2.56. The summed E-state index contributed by atoms with van der Waals surface area (Å²) in [6, 6.07) is 3.46. The normalized spacial score (nSPS) is 11.8. The first-order chi connectivity index (χ1) is 9.54. The molecule has 3 nitrogen and oxygen atoms in total. The lowest BCUT2D eigenvalue weighted by Crippen LogP contribution is -2.05. The molecule has 0 N–H and O–H groups in total. The van der Waals surface area contributed by atoms with Gasteiger partial charge < -0.3 is 0 Å². The van der Waals surface area contributed by atoms with Crippen molar-refractivity contribution < 1.29 is 13.2 Å². The molecule has 3 aromatic rings. The van der Waals surface area contributed by atoms with Gasteiger partial charge in [0.05, 0.1) is 11.9 Å². The van der Waals surface area contributed by atoms with Gasteiger partial charge in [0.15, 0.2) is 16.5 Å². The minimum atomic E-state index is -4.45. The van der Waals surface area contributed by atoms with Crippen LogP contribution >= 0.6 is 22.7 Å². The smallest absolute Gasteiger partial charge is 0.228 e. The molecule has 0 saturated heterocycles. The van der Waals surface area contributed by atoms with Gasteiger partial charge in [0, 0.05) is 16.3 Å². The van der Waals surface area contributed by atoms with E-state index >= 15 is 0 Å². The average Bonchev–Trinajstić information content (AvgIpc) is 3.10. The number of hydrogen-bond acceptors (Lipinski definition) is 5. The van der Waals surface area contributed by atoms with E-state index in [0.717, 1.165) is 22.3 Å². The van der Waals surface area contributed by atoms with E-state index in [-0.39, 0.29) is 10.8 Å². The summed E-state index contributed by atoms with van der Waals surface area (Å²) in [7, 11) is 0. The number of thiazole rings is 1. The van der Waals surface area contributed by atoms with Gasteiger partial charge in [-0.25, -0.2) is 15.0 Å². The maximum Gasteiger partial charge on any atom is 0.434 e. The molecule has 8 heteroatoms. The predicted molar refractivity (Wildman–Crippen MR) is 70.3 cm³/mol. The summed E-state index contributed by atoms with van der Waals surface area (Å²) >= 11 is 2.37. The van der Waals surface area contributed by atoms with Crippen molar-refractivity contribution in [2.24, 2.45) is 0 Å². The van der Waals surface area contributed by atoms with Crippen LogP contribution in [0.1, 0.15) is 5.69 Å². The zero-order valence-corrected chi connectivity index (χ0v) is 11.3. The second-order valence-electron chi connectivity index (χ2n) is 3.75. The third-order valence-corrected chi connectivity index (χ3v) is 3.92. The highest BCUT2D eigenvalue weighted by atomic mass is 32.1. The Hall–Kier alpha value is -1.80. The first-order valence-corrected chi connectivity index (χ1v) is 7.17. The van der Waals surface area contributed by atoms with E-state index in [1.807, 2.05) is 16.8 Å². The molecule has 1 radical (unpaired) electrons. The van der Waals surface area contributed by atoms with Gasteiger partial charge in [-0.3, -0.25) is 0 Å². The largest absolute Gasteiger partial charge is 0.434 e. The predicted octanol–water partition coefficient (Wildman–Crippen LogP) is 4.15. The summed E-state index contributed by atoms with van der Waals surface area (Å²) in [4.78, 5) is 11.6. The summed E-state index contributed by atoms with van der Waals surface area (Å²) in [5.41, 5.74) is 0.560. The highest BCUT2D eigenvalue weighted by Crippen LogP contribution is 2.32. The molecule has 0 bridgehead atoms. The van der Waals surface area contributed by atoms with E-state index in [2.05, 4.69) is 21.1 Å². The molecule has 3 aromatic heterocycles. The molecule has 0 spiro atoms. The fourth-order valence-electron chi connectivity index (χ4n) is 1.49. The van der Waals surface area contributed by atoms with Gasteiger partial charge in [0.25, 0.3) is 0 Å². The Balaban J connectivity index is 1.99. The van der Waals surface area contributed by atoms with Gasteiger partial charge in [0.1, 0.15) is 0 Å². The molecule has 101 valence electrons. The fraction of sp³-hybridized carbons (Fsp3) is 0.0833. The van der Waals surface area contributed by atoms with E-state index in [4.69, 9.17) is 0 Å². The molecule has 3 rings (SSSR count). The molecule has 0 aliphatic rings. The lowest BCUT2D eigenvalue weighted by molar-refractivity contribution is -0.140. The van der Waals surface area contributed by atoms with E-state index in [1.54, 1.807) is 6.07 Å². The molecule has 0 atom stereocenters. The van der Waals surface area contributed by atoms with Crippen molar-refractivity contribution in [3.63, 3.8) is 0 Å². The average molecular weight is 312 g/mol. The lowest BCUT2D eigenvalue weighted by Gasteiger charge is -2.00. The zero-order chi connectivity index (χ0) is 14.2. The van der Waals surface area contributed by atoms with Gasteiger partial charge in [-0.2, -0.15) is 24.5 Å². The van der Waals surface area contributed by atoms with E-state index in [0.29, 0.717) is 5.69 Å². The van der Waals surface area contributed by atoms with Crippen molar-refractivity contribution in [2.75, 3.05) is 0 Å². The summed E-state index contributed by atoms with van der Waals surface area (Å²) in [6.07, 6.45) is -1.81. The molecule has 0 amide bonds.